The fourth-order valence-corrected chi connectivity index (χ4v) is 1.77. The molecule has 2 N–H and O–H groups in total. The number of nitro groups is 1. The molecule has 0 aromatic carbocycles. The smallest absolute Gasteiger partial charge is 0.390 e. The third-order valence-corrected chi connectivity index (χ3v) is 4.27. The highest BCUT2D eigenvalue weighted by molar-refractivity contribution is 5.85. The van der Waals surface area contributed by atoms with E-state index < -0.39 is 22.1 Å². The molecular formula is C16H27N5O5. The highest BCUT2D eigenvalue weighted by Crippen LogP contribution is 2.12. The molecule has 0 aliphatic rings. The Bertz CT molecular complexity index is 638. The molecule has 0 unspecified atom stereocenters. The second-order valence-electron chi connectivity index (χ2n) is 7.22. The molecule has 0 radical (unpaired) electrons. The molecule has 0 spiro atoms. The highest BCUT2D eigenvalue weighted by Gasteiger charge is 2.29. The average molecular weight is 369 g/mol. The van der Waals surface area contributed by atoms with Crippen LogP contribution in [-0.2, 0) is 21.0 Å². The Morgan fingerprint density at radius 3 is 2.35 bits per heavy atom. The summed E-state index contributed by atoms with van der Waals surface area (Å²) in [5, 5.41) is 14.1. The first-order valence-electron chi connectivity index (χ1n) is 8.22. The minimum absolute atomic E-state index is 0.0538. The Balaban J connectivity index is 2.90. The Morgan fingerprint density at radius 1 is 1.27 bits per heavy atom. The quantitative estimate of drug-likeness (QED) is 0.437. The first-order chi connectivity index (χ1) is 11.9. The summed E-state index contributed by atoms with van der Waals surface area (Å²) in [6.45, 7) is 10.0. The second-order valence-corrected chi connectivity index (χ2v) is 7.22. The van der Waals surface area contributed by atoms with Gasteiger partial charge in [0.05, 0.1) is 11.1 Å². The Morgan fingerprint density at radius 2 is 1.85 bits per heavy atom. The van der Waals surface area contributed by atoms with E-state index >= 15 is 0 Å². The van der Waals surface area contributed by atoms with E-state index in [0.717, 1.165) is 0 Å². The third kappa shape index (κ3) is 5.97. The van der Waals surface area contributed by atoms with Crippen molar-refractivity contribution in [1.29, 1.82) is 0 Å². The zero-order chi connectivity index (χ0) is 20.1. The van der Waals surface area contributed by atoms with E-state index in [9.17, 15) is 19.7 Å². The number of nitrogens with zero attached hydrogens (tertiary/aromatic N) is 3. The van der Waals surface area contributed by atoms with Crippen molar-refractivity contribution in [2.45, 2.75) is 65.3 Å². The zero-order valence-electron chi connectivity index (χ0n) is 16.0. The summed E-state index contributed by atoms with van der Waals surface area (Å²) in [6, 6.07) is 0. The van der Waals surface area contributed by atoms with Gasteiger partial charge in [0.25, 0.3) is 0 Å². The number of hydroxylamine groups is 1. The Labute approximate surface area is 152 Å². The molecule has 0 bridgehead atoms. The molecular weight excluding hydrogens is 342 g/mol. The lowest BCUT2D eigenvalue weighted by Crippen LogP contribution is -2.53. The average Bonchev–Trinajstić information content (AvgIpc) is 2.98. The first-order valence-corrected chi connectivity index (χ1v) is 8.22. The lowest BCUT2D eigenvalue weighted by atomic mass is 10.0. The molecule has 0 aliphatic carbocycles. The van der Waals surface area contributed by atoms with Crippen LogP contribution in [0.3, 0.4) is 0 Å². The van der Waals surface area contributed by atoms with Gasteiger partial charge in [0.15, 0.2) is 5.78 Å². The molecule has 26 heavy (non-hydrogen) atoms. The molecule has 146 valence electrons. The zero-order valence-corrected chi connectivity index (χ0v) is 16.0. The van der Waals surface area contributed by atoms with E-state index in [-0.39, 0.29) is 30.6 Å². The highest BCUT2D eigenvalue weighted by atomic mass is 16.7. The fourth-order valence-electron chi connectivity index (χ4n) is 1.77. The number of Topliss-reactive ketones (excluding diaryl/α,β-unsaturated/α-hetero) is 2. The number of rotatable bonds is 11. The maximum absolute atomic E-state index is 11.7. The molecule has 0 amide bonds. The number of imidazole rings is 1. The molecule has 1 atom stereocenters. The van der Waals surface area contributed by atoms with E-state index in [4.69, 9.17) is 4.84 Å². The molecule has 0 saturated carbocycles. The lowest BCUT2D eigenvalue weighted by molar-refractivity contribution is -0.397. The van der Waals surface area contributed by atoms with Gasteiger partial charge in [-0.05, 0) is 46.5 Å². The predicted octanol–water partition coefficient (Wildman–Crippen LogP) is 1.01. The largest absolute Gasteiger partial charge is 0.434 e. The summed E-state index contributed by atoms with van der Waals surface area (Å²) in [5.41, 5.74) is 1.01. The van der Waals surface area contributed by atoms with Crippen molar-refractivity contribution < 1.29 is 19.3 Å². The van der Waals surface area contributed by atoms with Crippen molar-refractivity contribution in [1.82, 2.24) is 20.3 Å². The van der Waals surface area contributed by atoms with Crippen molar-refractivity contribution in [3.63, 3.8) is 0 Å². The number of hydrogen-bond acceptors (Lipinski definition) is 8. The molecule has 0 fully saturated rings. The van der Waals surface area contributed by atoms with Crippen molar-refractivity contribution in [3.8, 4) is 0 Å². The maximum atomic E-state index is 11.7. The SMILES string of the molecule is CC(=O)C(C)(C)NC[C@H](Cn1ccnc1[N+](=O)[O-])ONC(C)(C)C(C)=O. The Kier molecular flexibility index (Phi) is 7.13. The van der Waals surface area contributed by atoms with Crippen LogP contribution in [0.5, 0.6) is 0 Å². The summed E-state index contributed by atoms with van der Waals surface area (Å²) < 4.78 is 1.34. The number of carbonyl (C=O) groups excluding carboxylic acids is 2. The topological polar surface area (TPSA) is 128 Å². The van der Waals surface area contributed by atoms with Gasteiger partial charge in [-0.2, -0.15) is 5.48 Å². The van der Waals surface area contributed by atoms with Gasteiger partial charge in [-0.3, -0.25) is 14.4 Å². The van der Waals surface area contributed by atoms with Crippen LogP contribution in [0.4, 0.5) is 5.95 Å². The van der Waals surface area contributed by atoms with Crippen LogP contribution in [0.15, 0.2) is 12.4 Å². The van der Waals surface area contributed by atoms with Gasteiger partial charge >= 0.3 is 5.95 Å². The van der Waals surface area contributed by atoms with Gasteiger partial charge in [0, 0.05) is 6.54 Å². The normalized spacial score (nSPS) is 13.5. The second kappa shape index (κ2) is 8.47. The minimum Gasteiger partial charge on any atom is -0.390 e. The predicted molar refractivity (Wildman–Crippen MR) is 94.4 cm³/mol. The standard InChI is InChI=1S/C16H27N5O5/c1-11(22)15(3,4)18-9-13(26-19-16(5,6)12(2)23)10-20-8-7-17-14(20)21(24)25/h7-8,13,18-19H,9-10H2,1-6H3/t13-/m1/s1. The van der Waals surface area contributed by atoms with E-state index in [1.54, 1.807) is 27.7 Å². The third-order valence-electron chi connectivity index (χ3n) is 4.27. The van der Waals surface area contributed by atoms with Crippen molar-refractivity contribution in [2.24, 2.45) is 0 Å². The first kappa shape index (κ1) is 21.9. The summed E-state index contributed by atoms with van der Waals surface area (Å²) in [7, 11) is 0. The van der Waals surface area contributed by atoms with E-state index in [0.29, 0.717) is 0 Å². The van der Waals surface area contributed by atoms with E-state index in [2.05, 4.69) is 15.8 Å². The van der Waals surface area contributed by atoms with Crippen molar-refractivity contribution in [2.75, 3.05) is 6.54 Å². The number of nitrogens with one attached hydrogen (secondary N) is 2. The monoisotopic (exact) mass is 369 g/mol. The van der Waals surface area contributed by atoms with Crippen LogP contribution in [0.25, 0.3) is 0 Å². The van der Waals surface area contributed by atoms with Crippen LogP contribution < -0.4 is 10.8 Å². The van der Waals surface area contributed by atoms with Crippen LogP contribution in [-0.4, -0.2) is 49.8 Å². The van der Waals surface area contributed by atoms with Crippen LogP contribution in [0.2, 0.25) is 0 Å². The molecule has 10 heteroatoms. The molecule has 0 aliphatic heterocycles. The summed E-state index contributed by atoms with van der Waals surface area (Å²) in [6.07, 6.45) is 2.20. The van der Waals surface area contributed by atoms with Gasteiger partial charge in [-0.1, -0.05) is 4.98 Å². The van der Waals surface area contributed by atoms with Gasteiger partial charge in [0.1, 0.15) is 30.8 Å². The molecule has 0 saturated heterocycles. The number of ketones is 2. The van der Waals surface area contributed by atoms with Crippen LogP contribution in [0, 0.1) is 10.1 Å². The molecule has 1 rings (SSSR count). The molecule has 10 nitrogen and oxygen atoms in total. The lowest BCUT2D eigenvalue weighted by Gasteiger charge is -2.29. The Hall–Kier alpha value is -2.17. The van der Waals surface area contributed by atoms with Gasteiger partial charge in [-0.25, -0.2) is 4.57 Å². The van der Waals surface area contributed by atoms with Crippen molar-refractivity contribution >= 4 is 17.5 Å². The number of carbonyl (C=O) groups is 2. The number of hydrogen-bond donors (Lipinski definition) is 2. The maximum Gasteiger partial charge on any atom is 0.434 e. The van der Waals surface area contributed by atoms with E-state index in [1.807, 2.05) is 0 Å². The fraction of sp³-hybridized carbons (Fsp3) is 0.688. The van der Waals surface area contributed by atoms with Gasteiger partial charge < -0.3 is 15.4 Å². The van der Waals surface area contributed by atoms with Gasteiger partial charge in [-0.15, -0.1) is 0 Å². The minimum atomic E-state index is -0.921. The van der Waals surface area contributed by atoms with Crippen molar-refractivity contribution in [3.05, 3.63) is 22.5 Å². The summed E-state index contributed by atoms with van der Waals surface area (Å²) in [4.78, 5) is 43.1. The summed E-state index contributed by atoms with van der Waals surface area (Å²) >= 11 is 0. The van der Waals surface area contributed by atoms with E-state index in [1.165, 1.54) is 30.8 Å². The summed E-state index contributed by atoms with van der Waals surface area (Å²) in [5.74, 6) is -0.487. The molecule has 1 aromatic heterocycles. The number of aromatic nitrogens is 2. The van der Waals surface area contributed by atoms with Crippen LogP contribution >= 0.6 is 0 Å². The van der Waals surface area contributed by atoms with Gasteiger partial charge in [0.2, 0.25) is 0 Å². The molecule has 1 aromatic rings. The van der Waals surface area contributed by atoms with Crippen LogP contribution in [0.1, 0.15) is 41.5 Å². The molecule has 1 heterocycles.